The second-order valence-electron chi connectivity index (χ2n) is 4.98. The van der Waals surface area contributed by atoms with E-state index in [4.69, 9.17) is 10.8 Å². The molecule has 3 heterocycles. The number of nitrogens with one attached hydrogen (secondary N) is 2. The highest BCUT2D eigenvalue weighted by atomic mass is 16.3. The summed E-state index contributed by atoms with van der Waals surface area (Å²) < 4.78 is 0. The zero-order valence-electron chi connectivity index (χ0n) is 10.6. The Kier molecular flexibility index (Phi) is 2.96. The maximum absolute atomic E-state index is 10.2. The van der Waals surface area contributed by atoms with Gasteiger partial charge in [-0.2, -0.15) is 10.4 Å². The number of hydrogen-bond acceptors (Lipinski definition) is 8. The monoisotopic (exact) mass is 283 g/mol. The summed E-state index contributed by atoms with van der Waals surface area (Å²) >= 11 is 0. The molecule has 0 fully saturated rings. The molecule has 2 aliphatic rings. The molecule has 9 heteroatoms. The fourth-order valence-electron chi connectivity index (χ4n) is 2.56. The van der Waals surface area contributed by atoms with E-state index in [2.05, 4.69) is 15.4 Å². The zero-order valence-corrected chi connectivity index (χ0v) is 10.6. The molecule has 1 aromatic rings. The number of nitrogens with two attached hydrogens (primary N) is 1. The van der Waals surface area contributed by atoms with Crippen molar-refractivity contribution in [1.82, 2.24) is 10.4 Å². The summed E-state index contributed by atoms with van der Waals surface area (Å²) in [4.78, 5) is 6.77. The van der Waals surface area contributed by atoms with Gasteiger partial charge in [0, 0.05) is 19.2 Å². The smallest absolute Gasteiger partial charge is 0.278 e. The number of anilines is 1. The number of rotatable bonds is 5. The van der Waals surface area contributed by atoms with Crippen molar-refractivity contribution in [2.45, 2.75) is 30.9 Å². The van der Waals surface area contributed by atoms with Gasteiger partial charge >= 0.3 is 0 Å². The van der Waals surface area contributed by atoms with Crippen LogP contribution in [-0.4, -0.2) is 50.2 Å². The van der Waals surface area contributed by atoms with Gasteiger partial charge in [-0.1, -0.05) is 0 Å². The first-order valence-corrected chi connectivity index (χ1v) is 6.29. The average Bonchev–Trinajstić information content (AvgIpc) is 2.99. The van der Waals surface area contributed by atoms with Crippen LogP contribution >= 0.6 is 0 Å². The zero-order chi connectivity index (χ0) is 14.5. The molecule has 0 saturated heterocycles. The Labute approximate surface area is 114 Å². The fraction of sp³-hybridized carbons (Fsp3) is 0.545. The van der Waals surface area contributed by atoms with E-state index in [1.54, 1.807) is 6.20 Å². The Bertz CT molecular complexity index is 559. The Morgan fingerprint density at radius 2 is 2.15 bits per heavy atom. The highest BCUT2D eigenvalue weighted by molar-refractivity contribution is 6.00. The van der Waals surface area contributed by atoms with E-state index >= 15 is 0 Å². The van der Waals surface area contributed by atoms with E-state index in [1.807, 2.05) is 0 Å². The largest absolute Gasteiger partial charge is 0.396 e. The third-order valence-electron chi connectivity index (χ3n) is 3.58. The minimum Gasteiger partial charge on any atom is -0.396 e. The number of aromatic amines is 1. The van der Waals surface area contributed by atoms with Gasteiger partial charge in [-0.25, -0.2) is 5.01 Å². The Hall–Kier alpha value is -1.65. The van der Waals surface area contributed by atoms with Gasteiger partial charge in [0.15, 0.2) is 0 Å². The van der Waals surface area contributed by atoms with Crippen molar-refractivity contribution < 1.29 is 20.4 Å². The summed E-state index contributed by atoms with van der Waals surface area (Å²) in [7, 11) is 0. The van der Waals surface area contributed by atoms with Gasteiger partial charge in [-0.15, -0.1) is 0 Å². The molecule has 3 rings (SSSR count). The van der Waals surface area contributed by atoms with Crippen molar-refractivity contribution >= 4 is 11.6 Å². The molecule has 0 radical (unpaired) electrons. The lowest BCUT2D eigenvalue weighted by atomic mass is 10.0. The molecule has 2 bridgehead atoms. The maximum Gasteiger partial charge on any atom is 0.278 e. The quantitative estimate of drug-likeness (QED) is 0.313. The van der Waals surface area contributed by atoms with Crippen LogP contribution in [0.25, 0.3) is 0 Å². The predicted molar refractivity (Wildman–Crippen MR) is 69.3 cm³/mol. The van der Waals surface area contributed by atoms with E-state index in [-0.39, 0.29) is 25.4 Å². The van der Waals surface area contributed by atoms with Gasteiger partial charge in [0.25, 0.3) is 5.85 Å². The highest BCUT2D eigenvalue weighted by Gasteiger charge is 2.50. The van der Waals surface area contributed by atoms with Crippen LogP contribution in [0, 0.1) is 0 Å². The lowest BCUT2D eigenvalue weighted by Gasteiger charge is -2.19. The molecular weight excluding hydrogens is 266 g/mol. The minimum absolute atomic E-state index is 0.100. The van der Waals surface area contributed by atoms with Crippen molar-refractivity contribution in [2.75, 3.05) is 11.6 Å². The van der Waals surface area contributed by atoms with Crippen LogP contribution in [0.2, 0.25) is 0 Å². The van der Waals surface area contributed by atoms with Crippen molar-refractivity contribution in [3.8, 4) is 0 Å². The Morgan fingerprint density at radius 3 is 2.85 bits per heavy atom. The number of hydrazine groups is 1. The van der Waals surface area contributed by atoms with Crippen LogP contribution in [0.15, 0.2) is 11.2 Å². The number of nitrogens with zero attached hydrogens (tertiary/aromatic N) is 2. The molecule has 110 valence electrons. The summed E-state index contributed by atoms with van der Waals surface area (Å²) in [5, 5.41) is 40.0. The molecule has 0 saturated carbocycles. The molecule has 0 amide bonds. The number of aliphatic hydroxyl groups is 4. The van der Waals surface area contributed by atoms with Gasteiger partial charge in [-0.3, -0.25) is 0 Å². The second-order valence-corrected chi connectivity index (χ2v) is 4.98. The summed E-state index contributed by atoms with van der Waals surface area (Å²) in [5.41, 5.74) is 10.1. The van der Waals surface area contributed by atoms with Crippen LogP contribution in [0.4, 0.5) is 5.69 Å². The average molecular weight is 283 g/mol. The molecule has 0 aliphatic carbocycles. The van der Waals surface area contributed by atoms with Crippen LogP contribution in [0.5, 0.6) is 0 Å². The van der Waals surface area contributed by atoms with Gasteiger partial charge < -0.3 is 31.1 Å². The number of fused-ring (bicyclic) bond motifs is 5. The van der Waals surface area contributed by atoms with Crippen molar-refractivity contribution in [1.29, 1.82) is 0 Å². The summed E-state index contributed by atoms with van der Waals surface area (Å²) in [6.45, 7) is -0.198. The second kappa shape index (κ2) is 4.43. The molecule has 9 nitrogen and oxygen atoms in total. The number of guanidine groups is 1. The van der Waals surface area contributed by atoms with Crippen molar-refractivity contribution in [3.63, 3.8) is 0 Å². The number of aliphatic imine (C=N–C) groups is 1. The number of hydrogen-bond donors (Lipinski definition) is 7. The van der Waals surface area contributed by atoms with Gasteiger partial charge in [0.2, 0.25) is 5.96 Å². The lowest BCUT2D eigenvalue weighted by Crippen LogP contribution is -2.42. The van der Waals surface area contributed by atoms with Crippen LogP contribution < -0.4 is 16.2 Å². The van der Waals surface area contributed by atoms with E-state index in [0.29, 0.717) is 16.9 Å². The predicted octanol–water partition coefficient (Wildman–Crippen LogP) is -2.58. The molecule has 20 heavy (non-hydrogen) atoms. The van der Waals surface area contributed by atoms with Crippen LogP contribution in [0.3, 0.4) is 0 Å². The third-order valence-corrected chi connectivity index (χ3v) is 3.58. The standard InChI is InChI=1S/C11H17N5O4/c12-10-14-11(20)9-8(16(10)15-11)5(4-13-9)3-7(19)6(18)1-2-17/h4,6-7,13,15,17-20H,1-3H2,(H2,12,14)/t6-,7+,11?/m1/s1. The lowest BCUT2D eigenvalue weighted by molar-refractivity contribution is 0.00606. The third kappa shape index (κ3) is 1.79. The van der Waals surface area contributed by atoms with Crippen molar-refractivity contribution in [2.24, 2.45) is 10.7 Å². The van der Waals surface area contributed by atoms with Gasteiger partial charge in [0.1, 0.15) is 5.69 Å². The van der Waals surface area contributed by atoms with Gasteiger partial charge in [-0.05, 0) is 12.0 Å². The maximum atomic E-state index is 10.2. The topological polar surface area (TPSA) is 150 Å². The number of aromatic nitrogens is 1. The molecule has 2 aliphatic heterocycles. The minimum atomic E-state index is -1.59. The van der Waals surface area contributed by atoms with E-state index in [1.165, 1.54) is 5.01 Å². The summed E-state index contributed by atoms with van der Waals surface area (Å²) in [6.07, 6.45) is -0.138. The molecule has 1 unspecified atom stereocenters. The molecule has 0 aromatic carbocycles. The highest BCUT2D eigenvalue weighted by Crippen LogP contribution is 2.42. The van der Waals surface area contributed by atoms with Gasteiger partial charge in [0.05, 0.1) is 17.9 Å². The summed E-state index contributed by atoms with van der Waals surface area (Å²) in [6, 6.07) is 0. The van der Waals surface area contributed by atoms with Crippen molar-refractivity contribution in [3.05, 3.63) is 17.5 Å². The van der Waals surface area contributed by atoms with Crippen LogP contribution in [-0.2, 0) is 12.3 Å². The summed E-state index contributed by atoms with van der Waals surface area (Å²) in [5.74, 6) is -1.46. The molecule has 0 spiro atoms. The first-order valence-electron chi connectivity index (χ1n) is 6.29. The number of aliphatic hydroxyl groups excluding tert-OH is 3. The molecule has 1 aromatic heterocycles. The normalized spacial score (nSPS) is 26.6. The van der Waals surface area contributed by atoms with E-state index < -0.39 is 18.1 Å². The van der Waals surface area contributed by atoms with E-state index in [9.17, 15) is 15.3 Å². The Morgan fingerprint density at radius 1 is 1.40 bits per heavy atom. The first kappa shape index (κ1) is 13.3. The SMILES string of the molecule is NC1=NC2(O)NN1c1c(C[C@H](O)[C@H](O)CCO)c[nH]c12. The fourth-order valence-corrected chi connectivity index (χ4v) is 2.56. The molecule has 3 atom stereocenters. The molecular formula is C11H17N5O4. The number of H-pyrrole nitrogens is 1. The molecule has 8 N–H and O–H groups in total. The first-order chi connectivity index (χ1) is 9.46. The Balaban J connectivity index is 1.83. The van der Waals surface area contributed by atoms with Crippen LogP contribution in [0.1, 0.15) is 17.7 Å². The van der Waals surface area contributed by atoms with E-state index in [0.717, 1.165) is 0 Å².